The molecule has 1 heterocycles. The molecule has 1 saturated carbocycles. The average Bonchev–Trinajstić information content (AvgIpc) is 2.27. The van der Waals surface area contributed by atoms with Crippen LogP contribution in [0.4, 0.5) is 0 Å². The van der Waals surface area contributed by atoms with Crippen LogP contribution in [0, 0.1) is 0 Å². The predicted molar refractivity (Wildman–Crippen MR) is 57.4 cm³/mol. The number of nitrogens with two attached hydrogens (primary N) is 1. The van der Waals surface area contributed by atoms with Gasteiger partial charge in [-0.25, -0.2) is 0 Å². The lowest BCUT2D eigenvalue weighted by atomic mass is 9.89. The highest BCUT2D eigenvalue weighted by Gasteiger charge is 2.37. The highest BCUT2D eigenvalue weighted by atomic mass is 16.5. The van der Waals surface area contributed by atoms with Gasteiger partial charge in [0.05, 0.1) is 18.8 Å². The second kappa shape index (κ2) is 4.49. The molecule has 1 aliphatic heterocycles. The Morgan fingerprint density at radius 3 is 2.93 bits per heavy atom. The van der Waals surface area contributed by atoms with Crippen LogP contribution in [0.25, 0.3) is 0 Å². The number of carbonyl (C=O) groups excluding carboxylic acids is 1. The summed E-state index contributed by atoms with van der Waals surface area (Å²) >= 11 is 0. The first-order valence-corrected chi connectivity index (χ1v) is 5.87. The molecule has 0 aromatic carbocycles. The molecular weight excluding hydrogens is 192 g/mol. The van der Waals surface area contributed by atoms with E-state index in [1.807, 2.05) is 6.92 Å². The van der Waals surface area contributed by atoms with Gasteiger partial charge in [0.2, 0.25) is 5.91 Å². The maximum atomic E-state index is 11.2. The highest BCUT2D eigenvalue weighted by Crippen LogP contribution is 2.29. The molecule has 4 heteroatoms. The van der Waals surface area contributed by atoms with Gasteiger partial charge in [0, 0.05) is 12.6 Å². The molecule has 86 valence electrons. The molecule has 3 unspecified atom stereocenters. The van der Waals surface area contributed by atoms with Crippen molar-refractivity contribution in [1.82, 2.24) is 4.90 Å². The fourth-order valence-corrected chi connectivity index (χ4v) is 2.77. The number of primary amides is 1. The highest BCUT2D eigenvalue weighted by molar-refractivity contribution is 5.79. The van der Waals surface area contributed by atoms with Gasteiger partial charge >= 0.3 is 0 Å². The molecule has 0 aromatic rings. The van der Waals surface area contributed by atoms with Crippen LogP contribution >= 0.6 is 0 Å². The molecule has 15 heavy (non-hydrogen) atoms. The standard InChI is InChI=1S/C11H20N2O2/c1-8(11(12)14)13-6-7-15-10-5-3-2-4-9(10)13/h8-10H,2-7H2,1H3,(H2,12,14). The first kappa shape index (κ1) is 10.9. The van der Waals surface area contributed by atoms with Gasteiger partial charge in [0.1, 0.15) is 0 Å². The number of morpholine rings is 1. The van der Waals surface area contributed by atoms with E-state index in [9.17, 15) is 4.79 Å². The van der Waals surface area contributed by atoms with E-state index in [0.29, 0.717) is 12.1 Å². The second-order valence-corrected chi connectivity index (χ2v) is 4.58. The number of fused-ring (bicyclic) bond motifs is 1. The molecule has 1 saturated heterocycles. The largest absolute Gasteiger partial charge is 0.375 e. The molecule has 1 aliphatic carbocycles. The topological polar surface area (TPSA) is 55.6 Å². The van der Waals surface area contributed by atoms with Crippen LogP contribution in [0.2, 0.25) is 0 Å². The van der Waals surface area contributed by atoms with Crippen LogP contribution in [-0.4, -0.2) is 42.1 Å². The third kappa shape index (κ3) is 2.16. The summed E-state index contributed by atoms with van der Waals surface area (Å²) in [6.45, 7) is 3.48. The zero-order chi connectivity index (χ0) is 10.8. The Morgan fingerprint density at radius 1 is 1.47 bits per heavy atom. The normalized spacial score (nSPS) is 34.5. The van der Waals surface area contributed by atoms with Gasteiger partial charge in [-0.15, -0.1) is 0 Å². The fourth-order valence-electron chi connectivity index (χ4n) is 2.77. The van der Waals surface area contributed by atoms with Crippen molar-refractivity contribution >= 4 is 5.91 Å². The van der Waals surface area contributed by atoms with E-state index in [1.165, 1.54) is 12.8 Å². The van der Waals surface area contributed by atoms with Crippen LogP contribution in [0.3, 0.4) is 0 Å². The molecule has 2 rings (SSSR count). The van der Waals surface area contributed by atoms with E-state index in [0.717, 1.165) is 26.0 Å². The zero-order valence-corrected chi connectivity index (χ0v) is 9.32. The van der Waals surface area contributed by atoms with Gasteiger partial charge < -0.3 is 10.5 Å². The Labute approximate surface area is 90.8 Å². The van der Waals surface area contributed by atoms with Crippen molar-refractivity contribution in [1.29, 1.82) is 0 Å². The minimum atomic E-state index is -0.221. The first-order valence-electron chi connectivity index (χ1n) is 5.87. The summed E-state index contributed by atoms with van der Waals surface area (Å²) in [4.78, 5) is 13.4. The molecule has 0 bridgehead atoms. The van der Waals surface area contributed by atoms with Crippen molar-refractivity contribution in [2.24, 2.45) is 5.73 Å². The van der Waals surface area contributed by atoms with Gasteiger partial charge in [0.15, 0.2) is 0 Å². The van der Waals surface area contributed by atoms with Crippen molar-refractivity contribution in [3.8, 4) is 0 Å². The SMILES string of the molecule is CC(C(N)=O)N1CCOC2CCCCC21. The molecule has 0 spiro atoms. The van der Waals surface area contributed by atoms with Crippen LogP contribution in [0.5, 0.6) is 0 Å². The molecule has 2 fully saturated rings. The molecule has 1 amide bonds. The average molecular weight is 212 g/mol. The Balaban J connectivity index is 2.06. The van der Waals surface area contributed by atoms with Gasteiger partial charge in [-0.1, -0.05) is 12.8 Å². The molecule has 3 atom stereocenters. The van der Waals surface area contributed by atoms with Crippen molar-refractivity contribution in [3.63, 3.8) is 0 Å². The van der Waals surface area contributed by atoms with Crippen LogP contribution in [0.1, 0.15) is 32.6 Å². The third-order valence-electron chi connectivity index (χ3n) is 3.68. The fraction of sp³-hybridized carbons (Fsp3) is 0.909. The van der Waals surface area contributed by atoms with Gasteiger partial charge in [-0.3, -0.25) is 9.69 Å². The lowest BCUT2D eigenvalue weighted by Gasteiger charge is -2.45. The Morgan fingerprint density at radius 2 is 2.20 bits per heavy atom. The predicted octanol–water partition coefficient (Wildman–Crippen LogP) is 0.504. The summed E-state index contributed by atoms with van der Waals surface area (Å²) in [6, 6.07) is 0.259. The van der Waals surface area contributed by atoms with E-state index in [1.54, 1.807) is 0 Å². The zero-order valence-electron chi connectivity index (χ0n) is 9.32. The van der Waals surface area contributed by atoms with E-state index in [4.69, 9.17) is 10.5 Å². The summed E-state index contributed by atoms with van der Waals surface area (Å²) in [5, 5.41) is 0. The Hall–Kier alpha value is -0.610. The summed E-state index contributed by atoms with van der Waals surface area (Å²) in [7, 11) is 0. The summed E-state index contributed by atoms with van der Waals surface area (Å²) in [6.07, 6.45) is 5.09. The number of nitrogens with zero attached hydrogens (tertiary/aromatic N) is 1. The monoisotopic (exact) mass is 212 g/mol. The maximum absolute atomic E-state index is 11.2. The number of carbonyl (C=O) groups is 1. The number of hydrogen-bond donors (Lipinski definition) is 1. The van der Waals surface area contributed by atoms with Gasteiger partial charge in [0.25, 0.3) is 0 Å². The minimum absolute atomic E-state index is 0.153. The quantitative estimate of drug-likeness (QED) is 0.725. The van der Waals surface area contributed by atoms with Crippen molar-refractivity contribution in [2.45, 2.75) is 50.8 Å². The number of hydrogen-bond acceptors (Lipinski definition) is 3. The van der Waals surface area contributed by atoms with Crippen LogP contribution in [-0.2, 0) is 9.53 Å². The number of rotatable bonds is 2. The molecule has 0 aromatic heterocycles. The summed E-state index contributed by atoms with van der Waals surface area (Å²) in [5.74, 6) is -0.221. The number of ether oxygens (including phenoxy) is 1. The molecule has 2 N–H and O–H groups in total. The van der Waals surface area contributed by atoms with Crippen molar-refractivity contribution in [2.75, 3.05) is 13.2 Å². The molecular formula is C11H20N2O2. The lowest BCUT2D eigenvalue weighted by molar-refractivity contribution is -0.134. The second-order valence-electron chi connectivity index (χ2n) is 4.58. The molecule has 0 radical (unpaired) electrons. The van der Waals surface area contributed by atoms with E-state index in [2.05, 4.69) is 4.90 Å². The maximum Gasteiger partial charge on any atom is 0.234 e. The third-order valence-corrected chi connectivity index (χ3v) is 3.68. The lowest BCUT2D eigenvalue weighted by Crippen LogP contribution is -2.58. The van der Waals surface area contributed by atoms with Crippen molar-refractivity contribution < 1.29 is 9.53 Å². The number of amides is 1. The van der Waals surface area contributed by atoms with E-state index < -0.39 is 0 Å². The van der Waals surface area contributed by atoms with Gasteiger partial charge in [-0.2, -0.15) is 0 Å². The van der Waals surface area contributed by atoms with Crippen LogP contribution in [0.15, 0.2) is 0 Å². The first-order chi connectivity index (χ1) is 7.20. The van der Waals surface area contributed by atoms with Crippen LogP contribution < -0.4 is 5.73 Å². The summed E-state index contributed by atoms with van der Waals surface area (Å²) < 4.78 is 5.75. The van der Waals surface area contributed by atoms with Gasteiger partial charge in [-0.05, 0) is 19.8 Å². The molecule has 2 aliphatic rings. The molecule has 4 nitrogen and oxygen atoms in total. The Kier molecular flexibility index (Phi) is 3.26. The van der Waals surface area contributed by atoms with E-state index in [-0.39, 0.29) is 11.9 Å². The van der Waals surface area contributed by atoms with Crippen molar-refractivity contribution in [3.05, 3.63) is 0 Å². The minimum Gasteiger partial charge on any atom is -0.375 e. The van der Waals surface area contributed by atoms with E-state index >= 15 is 0 Å². The smallest absolute Gasteiger partial charge is 0.234 e. The Bertz CT molecular complexity index is 243. The summed E-state index contributed by atoms with van der Waals surface area (Å²) in [5.41, 5.74) is 5.37.